The van der Waals surface area contributed by atoms with E-state index >= 15 is 0 Å². The highest BCUT2D eigenvalue weighted by Crippen LogP contribution is 2.33. The molecule has 0 aromatic heterocycles. The number of ether oxygens (including phenoxy) is 2. The van der Waals surface area contributed by atoms with E-state index in [1.807, 2.05) is 41.5 Å². The van der Waals surface area contributed by atoms with Gasteiger partial charge in [-0.3, -0.25) is 14.8 Å². The monoisotopic (exact) mass is 568 g/mol. The fraction of sp³-hybridized carbons (Fsp3) is 0.909. The number of aliphatic imine (C=N–C) groups is 1. The van der Waals surface area contributed by atoms with Crippen LogP contribution in [0.2, 0.25) is 0 Å². The number of amides is 1. The van der Waals surface area contributed by atoms with Crippen LogP contribution in [-0.4, -0.2) is 110 Å². The van der Waals surface area contributed by atoms with Crippen LogP contribution in [0.1, 0.15) is 48.5 Å². The van der Waals surface area contributed by atoms with Crippen molar-refractivity contribution in [1.82, 2.24) is 25.3 Å². The number of carbonyl (C=O) groups excluding carboxylic acids is 1. The van der Waals surface area contributed by atoms with Gasteiger partial charge in [0.15, 0.2) is 5.96 Å². The van der Waals surface area contributed by atoms with Crippen molar-refractivity contribution in [2.75, 3.05) is 53.4 Å². The van der Waals surface area contributed by atoms with Crippen LogP contribution in [0.15, 0.2) is 4.99 Å². The van der Waals surface area contributed by atoms with Crippen LogP contribution in [0, 0.1) is 0 Å². The van der Waals surface area contributed by atoms with Crippen molar-refractivity contribution in [3.05, 3.63) is 0 Å². The molecular weight excluding hydrogens is 523 g/mol. The summed E-state index contributed by atoms with van der Waals surface area (Å²) >= 11 is 0. The van der Waals surface area contributed by atoms with E-state index in [-0.39, 0.29) is 42.2 Å². The minimum atomic E-state index is -0.737. The van der Waals surface area contributed by atoms with Crippen molar-refractivity contribution in [3.8, 4) is 0 Å². The number of hydrogen-bond donors (Lipinski definition) is 2. The maximum atomic E-state index is 12.9. The molecule has 2 aliphatic heterocycles. The molecule has 2 N–H and O–H groups in total. The average molecular weight is 569 g/mol. The Labute approximate surface area is 211 Å². The first kappa shape index (κ1) is 29.2. The zero-order valence-electron chi connectivity index (χ0n) is 21.4. The van der Waals surface area contributed by atoms with Gasteiger partial charge in [-0.2, -0.15) is 0 Å². The second kappa shape index (κ2) is 12.0. The van der Waals surface area contributed by atoms with Gasteiger partial charge in [0.2, 0.25) is 0 Å². The van der Waals surface area contributed by atoms with E-state index in [2.05, 4.69) is 41.5 Å². The van der Waals surface area contributed by atoms with Crippen molar-refractivity contribution in [3.63, 3.8) is 0 Å². The Morgan fingerprint density at radius 3 is 2.47 bits per heavy atom. The first-order valence-electron chi connectivity index (χ1n) is 11.4. The van der Waals surface area contributed by atoms with Crippen LogP contribution in [0.4, 0.5) is 4.79 Å². The molecule has 32 heavy (non-hydrogen) atoms. The van der Waals surface area contributed by atoms with Crippen LogP contribution in [0.5, 0.6) is 0 Å². The van der Waals surface area contributed by atoms with Crippen LogP contribution in [0.3, 0.4) is 0 Å². The van der Waals surface area contributed by atoms with E-state index in [9.17, 15) is 4.79 Å². The third kappa shape index (κ3) is 8.18. The van der Waals surface area contributed by atoms with Gasteiger partial charge >= 0.3 is 6.09 Å². The SMILES string of the molecule is CCNC(=NCC1CN(C)CCN1C)NCC1C(C)OC(C)(C)N1C(=O)OC(C)(C)C.I. The number of likely N-dealkylation sites (N-methyl/N-ethyl adjacent to an activating group) is 2. The van der Waals surface area contributed by atoms with Gasteiger partial charge in [-0.15, -0.1) is 24.0 Å². The number of rotatable bonds is 5. The Kier molecular flexibility index (Phi) is 11.0. The van der Waals surface area contributed by atoms with Crippen LogP contribution in [0.25, 0.3) is 0 Å². The van der Waals surface area contributed by atoms with Gasteiger partial charge in [0.05, 0.1) is 18.7 Å². The molecule has 0 aliphatic carbocycles. The summed E-state index contributed by atoms with van der Waals surface area (Å²) in [5, 5.41) is 6.74. The molecule has 2 rings (SSSR count). The van der Waals surface area contributed by atoms with Crippen molar-refractivity contribution >= 4 is 36.0 Å². The Bertz CT molecular complexity index is 640. The molecule has 10 heteroatoms. The quantitative estimate of drug-likeness (QED) is 0.299. The van der Waals surface area contributed by atoms with E-state index in [4.69, 9.17) is 14.5 Å². The van der Waals surface area contributed by atoms with Gasteiger partial charge in [0, 0.05) is 38.8 Å². The molecule has 9 nitrogen and oxygen atoms in total. The molecule has 0 aromatic rings. The number of piperazine rings is 1. The van der Waals surface area contributed by atoms with Crippen molar-refractivity contribution in [2.45, 2.75) is 78.0 Å². The van der Waals surface area contributed by atoms with Crippen LogP contribution >= 0.6 is 24.0 Å². The third-order valence-electron chi connectivity index (χ3n) is 5.78. The molecule has 188 valence electrons. The average Bonchev–Trinajstić information content (AvgIpc) is 2.86. The first-order valence-corrected chi connectivity index (χ1v) is 11.4. The highest BCUT2D eigenvalue weighted by molar-refractivity contribution is 14.0. The number of hydrogen-bond acceptors (Lipinski definition) is 6. The molecule has 0 saturated carbocycles. The number of guanidine groups is 1. The van der Waals surface area contributed by atoms with Crippen molar-refractivity contribution in [2.24, 2.45) is 4.99 Å². The lowest BCUT2D eigenvalue weighted by Gasteiger charge is -2.37. The van der Waals surface area contributed by atoms with Gasteiger partial charge < -0.3 is 25.0 Å². The lowest BCUT2D eigenvalue weighted by molar-refractivity contribution is -0.0755. The third-order valence-corrected chi connectivity index (χ3v) is 5.78. The Balaban J connectivity index is 0.00000512. The normalized spacial score (nSPS) is 27.1. The van der Waals surface area contributed by atoms with Gasteiger partial charge in [0.25, 0.3) is 0 Å². The minimum Gasteiger partial charge on any atom is -0.444 e. The predicted octanol–water partition coefficient (Wildman–Crippen LogP) is 2.17. The molecule has 3 unspecified atom stereocenters. The molecule has 0 bridgehead atoms. The van der Waals surface area contributed by atoms with Crippen LogP contribution in [-0.2, 0) is 9.47 Å². The smallest absolute Gasteiger partial charge is 0.412 e. The van der Waals surface area contributed by atoms with Gasteiger partial charge in [0.1, 0.15) is 11.3 Å². The number of nitrogens with one attached hydrogen (secondary N) is 2. The lowest BCUT2D eigenvalue weighted by atomic mass is 10.1. The Hall–Kier alpha value is -0.850. The fourth-order valence-corrected chi connectivity index (χ4v) is 4.16. The van der Waals surface area contributed by atoms with E-state index in [1.54, 1.807) is 4.90 Å². The summed E-state index contributed by atoms with van der Waals surface area (Å²) in [5.41, 5.74) is -1.30. The maximum absolute atomic E-state index is 12.9. The largest absolute Gasteiger partial charge is 0.444 e. The fourth-order valence-electron chi connectivity index (χ4n) is 4.16. The molecule has 2 aliphatic rings. The number of carbonyl (C=O) groups is 1. The van der Waals surface area contributed by atoms with Crippen molar-refractivity contribution in [1.29, 1.82) is 0 Å². The molecule has 2 saturated heterocycles. The van der Waals surface area contributed by atoms with Gasteiger partial charge in [-0.1, -0.05) is 0 Å². The molecular formula is C22H45IN6O3. The summed E-state index contributed by atoms with van der Waals surface area (Å²) in [4.78, 5) is 24.2. The Morgan fingerprint density at radius 1 is 1.22 bits per heavy atom. The minimum absolute atomic E-state index is 0. The number of halogens is 1. The molecule has 0 radical (unpaired) electrons. The molecule has 2 fully saturated rings. The first-order chi connectivity index (χ1) is 14.3. The van der Waals surface area contributed by atoms with Crippen LogP contribution < -0.4 is 10.6 Å². The topological polar surface area (TPSA) is 81.7 Å². The van der Waals surface area contributed by atoms with Gasteiger partial charge in [-0.05, 0) is 62.6 Å². The second-order valence-electron chi connectivity index (χ2n) is 10.2. The summed E-state index contributed by atoms with van der Waals surface area (Å²) in [5.74, 6) is 0.755. The van der Waals surface area contributed by atoms with E-state index in [1.165, 1.54) is 0 Å². The standard InChI is InChI=1S/C22H44N6O3.HI/c1-10-23-19(24-13-17-15-26(8)11-12-27(17)9)25-14-18-16(2)30-22(6,7)28(18)20(29)31-21(3,4)5;/h16-18H,10-15H2,1-9H3,(H2,23,24,25);1H. The zero-order chi connectivity index (χ0) is 23.4. The summed E-state index contributed by atoms with van der Waals surface area (Å²) < 4.78 is 11.8. The Morgan fingerprint density at radius 2 is 1.88 bits per heavy atom. The molecule has 0 spiro atoms. The highest BCUT2D eigenvalue weighted by atomic mass is 127. The molecule has 3 atom stereocenters. The van der Waals surface area contributed by atoms with E-state index < -0.39 is 11.3 Å². The zero-order valence-corrected chi connectivity index (χ0v) is 23.7. The molecule has 1 amide bonds. The summed E-state index contributed by atoms with van der Waals surface area (Å²) in [6.07, 6.45) is -0.488. The second-order valence-corrected chi connectivity index (χ2v) is 10.2. The van der Waals surface area contributed by atoms with Crippen molar-refractivity contribution < 1.29 is 14.3 Å². The predicted molar refractivity (Wildman–Crippen MR) is 140 cm³/mol. The summed E-state index contributed by atoms with van der Waals surface area (Å²) in [6.45, 7) is 18.6. The number of nitrogens with zero attached hydrogens (tertiary/aromatic N) is 4. The highest BCUT2D eigenvalue weighted by Gasteiger charge is 2.49. The van der Waals surface area contributed by atoms with Gasteiger partial charge in [-0.25, -0.2) is 4.79 Å². The van der Waals surface area contributed by atoms with E-state index in [0.717, 1.165) is 32.1 Å². The summed E-state index contributed by atoms with van der Waals surface area (Å²) in [7, 11) is 4.31. The summed E-state index contributed by atoms with van der Waals surface area (Å²) in [6, 6.07) is 0.220. The molecule has 2 heterocycles. The molecule has 0 aromatic carbocycles. The van der Waals surface area contributed by atoms with E-state index in [0.29, 0.717) is 19.1 Å². The lowest BCUT2D eigenvalue weighted by Crippen LogP contribution is -2.55. The maximum Gasteiger partial charge on any atom is 0.412 e.